The first-order valence-electron chi connectivity index (χ1n) is 4.53. The van der Waals surface area contributed by atoms with Crippen molar-refractivity contribution in [3.63, 3.8) is 0 Å². The average molecular weight is 223 g/mol. The molecule has 0 aliphatic carbocycles. The number of nitrogens with zero attached hydrogens (tertiary/aromatic N) is 1. The lowest BCUT2D eigenvalue weighted by Crippen LogP contribution is -2.24. The molecule has 4 heteroatoms. The van der Waals surface area contributed by atoms with Gasteiger partial charge in [-0.05, 0) is 19.1 Å². The Morgan fingerprint density at radius 2 is 2.40 bits per heavy atom. The van der Waals surface area contributed by atoms with E-state index in [4.69, 9.17) is 11.6 Å². The number of carbonyl (C=O) groups is 1. The minimum Gasteiger partial charge on any atom is -0.351 e. The fourth-order valence-corrected chi connectivity index (χ4v) is 1.09. The first kappa shape index (κ1) is 11.5. The van der Waals surface area contributed by atoms with Gasteiger partial charge in [0.25, 0.3) is 5.91 Å². The second-order valence-corrected chi connectivity index (χ2v) is 3.19. The lowest BCUT2D eigenvalue weighted by atomic mass is 10.2. The number of pyridine rings is 1. The van der Waals surface area contributed by atoms with Gasteiger partial charge >= 0.3 is 0 Å². The van der Waals surface area contributed by atoms with Crippen LogP contribution in [0.25, 0.3) is 0 Å². The van der Waals surface area contributed by atoms with Crippen LogP contribution in [0.1, 0.15) is 23.7 Å². The van der Waals surface area contributed by atoms with E-state index in [1.54, 1.807) is 19.1 Å². The van der Waals surface area contributed by atoms with Gasteiger partial charge in [0.15, 0.2) is 0 Å². The minimum absolute atomic E-state index is 0.155. The van der Waals surface area contributed by atoms with Crippen LogP contribution in [0.3, 0.4) is 0 Å². The Labute approximate surface area is 93.9 Å². The topological polar surface area (TPSA) is 42.0 Å². The number of amides is 1. The third-order valence-electron chi connectivity index (χ3n) is 1.70. The molecule has 0 saturated heterocycles. The molecule has 3 nitrogen and oxygen atoms in total. The number of carbonyl (C=O) groups excluding carboxylic acids is 1. The number of aromatic nitrogens is 1. The molecule has 0 bridgehead atoms. The second-order valence-electron chi connectivity index (χ2n) is 2.80. The molecule has 0 aromatic carbocycles. The van der Waals surface area contributed by atoms with Crippen LogP contribution >= 0.6 is 11.6 Å². The highest BCUT2D eigenvalue weighted by Gasteiger charge is 2.03. The van der Waals surface area contributed by atoms with Crippen molar-refractivity contribution in [1.82, 2.24) is 10.3 Å². The van der Waals surface area contributed by atoms with E-state index in [1.807, 2.05) is 0 Å². The summed E-state index contributed by atoms with van der Waals surface area (Å²) in [5, 5.41) is 3.11. The summed E-state index contributed by atoms with van der Waals surface area (Å²) in [6.45, 7) is 2.31. The van der Waals surface area contributed by atoms with Gasteiger partial charge in [0.1, 0.15) is 5.15 Å². The molecule has 1 rings (SSSR count). The number of rotatable bonds is 3. The molecule has 0 aliphatic rings. The Balaban J connectivity index is 2.46. The molecule has 1 heterocycles. The molecule has 0 spiro atoms. The van der Waals surface area contributed by atoms with Crippen LogP contribution in [0.5, 0.6) is 0 Å². The largest absolute Gasteiger partial charge is 0.351 e. The molecular formula is C11H11ClN2O. The lowest BCUT2D eigenvalue weighted by Gasteiger charge is -2.01. The molecular weight excluding hydrogens is 212 g/mol. The van der Waals surface area contributed by atoms with Gasteiger partial charge in [0.05, 0.1) is 5.56 Å². The fraction of sp³-hybridized carbons (Fsp3) is 0.273. The van der Waals surface area contributed by atoms with Crippen LogP contribution in [0, 0.1) is 11.8 Å². The van der Waals surface area contributed by atoms with E-state index in [9.17, 15) is 4.79 Å². The van der Waals surface area contributed by atoms with Crippen LogP contribution in [0.15, 0.2) is 18.3 Å². The zero-order chi connectivity index (χ0) is 11.1. The highest BCUT2D eigenvalue weighted by molar-refractivity contribution is 6.29. The van der Waals surface area contributed by atoms with Crippen molar-refractivity contribution in [2.45, 2.75) is 13.3 Å². The smallest absolute Gasteiger partial charge is 0.252 e. The van der Waals surface area contributed by atoms with Crippen molar-refractivity contribution >= 4 is 17.5 Å². The van der Waals surface area contributed by atoms with Crippen molar-refractivity contribution in [2.24, 2.45) is 0 Å². The Hall–Kier alpha value is -1.53. The van der Waals surface area contributed by atoms with E-state index < -0.39 is 0 Å². The van der Waals surface area contributed by atoms with E-state index in [2.05, 4.69) is 22.1 Å². The van der Waals surface area contributed by atoms with Gasteiger partial charge in [-0.2, -0.15) is 0 Å². The van der Waals surface area contributed by atoms with Crippen molar-refractivity contribution in [2.75, 3.05) is 6.54 Å². The standard InChI is InChI=1S/C11H11ClN2O/c1-2-3-4-7-13-11(15)9-5-6-10(12)14-8-9/h5-6,8H,4,7H2,1H3,(H,13,15). The number of nitrogens with one attached hydrogen (secondary N) is 1. The van der Waals surface area contributed by atoms with Crippen molar-refractivity contribution in [1.29, 1.82) is 0 Å². The van der Waals surface area contributed by atoms with Gasteiger partial charge in [-0.1, -0.05) is 11.6 Å². The molecule has 0 fully saturated rings. The molecule has 0 unspecified atom stereocenters. The van der Waals surface area contributed by atoms with E-state index >= 15 is 0 Å². The molecule has 1 N–H and O–H groups in total. The van der Waals surface area contributed by atoms with Crippen LogP contribution in [0.2, 0.25) is 5.15 Å². The summed E-state index contributed by atoms with van der Waals surface area (Å²) < 4.78 is 0. The Kier molecular flexibility index (Phi) is 4.65. The lowest BCUT2D eigenvalue weighted by molar-refractivity contribution is 0.0954. The summed E-state index contributed by atoms with van der Waals surface area (Å²) in [5.74, 6) is 5.46. The molecule has 1 amide bonds. The molecule has 15 heavy (non-hydrogen) atoms. The minimum atomic E-state index is -0.155. The Morgan fingerprint density at radius 1 is 1.60 bits per heavy atom. The van der Waals surface area contributed by atoms with Gasteiger partial charge in [-0.3, -0.25) is 4.79 Å². The fourth-order valence-electron chi connectivity index (χ4n) is 0.976. The predicted molar refractivity (Wildman–Crippen MR) is 59.6 cm³/mol. The number of hydrogen-bond acceptors (Lipinski definition) is 2. The summed E-state index contributed by atoms with van der Waals surface area (Å²) in [6, 6.07) is 3.22. The van der Waals surface area contributed by atoms with Crippen LogP contribution in [0.4, 0.5) is 0 Å². The van der Waals surface area contributed by atoms with Crippen LogP contribution in [-0.2, 0) is 0 Å². The van der Waals surface area contributed by atoms with Gasteiger partial charge in [-0.25, -0.2) is 4.98 Å². The normalized spacial score (nSPS) is 8.93. The molecule has 1 aromatic heterocycles. The molecule has 1 aromatic rings. The Morgan fingerprint density at radius 3 is 3.00 bits per heavy atom. The first-order chi connectivity index (χ1) is 7.24. The van der Waals surface area contributed by atoms with E-state index in [0.29, 0.717) is 23.7 Å². The second kappa shape index (κ2) is 6.05. The van der Waals surface area contributed by atoms with Gasteiger partial charge in [0.2, 0.25) is 0 Å². The first-order valence-corrected chi connectivity index (χ1v) is 4.91. The quantitative estimate of drug-likeness (QED) is 0.482. The van der Waals surface area contributed by atoms with Gasteiger partial charge < -0.3 is 5.32 Å². The maximum absolute atomic E-state index is 11.5. The molecule has 78 valence electrons. The van der Waals surface area contributed by atoms with Crippen molar-refractivity contribution in [3.05, 3.63) is 29.0 Å². The monoisotopic (exact) mass is 222 g/mol. The molecule has 0 radical (unpaired) electrons. The Bertz CT molecular complexity index is 389. The van der Waals surface area contributed by atoms with Crippen LogP contribution < -0.4 is 5.32 Å². The molecule has 0 atom stereocenters. The SMILES string of the molecule is CC#CCCNC(=O)c1ccc(Cl)nc1. The van der Waals surface area contributed by atoms with Gasteiger partial charge in [0, 0.05) is 19.2 Å². The highest BCUT2D eigenvalue weighted by atomic mass is 35.5. The molecule has 0 saturated carbocycles. The van der Waals surface area contributed by atoms with Crippen LogP contribution in [-0.4, -0.2) is 17.4 Å². The zero-order valence-electron chi connectivity index (χ0n) is 8.38. The third-order valence-corrected chi connectivity index (χ3v) is 1.93. The summed E-state index contributed by atoms with van der Waals surface area (Å²) >= 11 is 5.60. The maximum atomic E-state index is 11.5. The number of halogens is 1. The summed E-state index contributed by atoms with van der Waals surface area (Å²) in [4.78, 5) is 15.3. The van der Waals surface area contributed by atoms with E-state index in [0.717, 1.165) is 0 Å². The summed E-state index contributed by atoms with van der Waals surface area (Å²) in [7, 11) is 0. The van der Waals surface area contributed by atoms with Crippen molar-refractivity contribution in [3.8, 4) is 11.8 Å². The van der Waals surface area contributed by atoms with E-state index in [1.165, 1.54) is 6.20 Å². The average Bonchev–Trinajstić information content (AvgIpc) is 2.25. The van der Waals surface area contributed by atoms with Crippen molar-refractivity contribution < 1.29 is 4.79 Å². The number of hydrogen-bond donors (Lipinski definition) is 1. The highest BCUT2D eigenvalue weighted by Crippen LogP contribution is 2.04. The third kappa shape index (κ3) is 4.01. The zero-order valence-corrected chi connectivity index (χ0v) is 9.14. The predicted octanol–water partition coefficient (Wildman–Crippen LogP) is 1.88. The molecule has 0 aliphatic heterocycles. The summed E-state index contributed by atoms with van der Waals surface area (Å²) in [6.07, 6.45) is 2.10. The van der Waals surface area contributed by atoms with E-state index in [-0.39, 0.29) is 5.91 Å². The van der Waals surface area contributed by atoms with Gasteiger partial charge in [-0.15, -0.1) is 11.8 Å². The maximum Gasteiger partial charge on any atom is 0.252 e. The summed E-state index contributed by atoms with van der Waals surface area (Å²) in [5.41, 5.74) is 0.504.